The van der Waals surface area contributed by atoms with Crippen molar-refractivity contribution in [2.45, 2.75) is 91.6 Å². The average Bonchev–Trinajstić information content (AvgIpc) is 3.31. The molecule has 5 rings (SSSR count). The zero-order valence-corrected chi connectivity index (χ0v) is 25.5. The van der Waals surface area contributed by atoms with Crippen molar-refractivity contribution in [2.24, 2.45) is 23.2 Å². The molecule has 1 amide bonds. The molecule has 2 N–H and O–H groups in total. The monoisotopic (exact) mass is 562 g/mol. The third kappa shape index (κ3) is 6.34. The van der Waals surface area contributed by atoms with Gasteiger partial charge in [-0.3, -0.25) is 9.59 Å². The summed E-state index contributed by atoms with van der Waals surface area (Å²) >= 11 is 6.45. The lowest BCUT2D eigenvalue weighted by atomic mass is 9.45. The van der Waals surface area contributed by atoms with E-state index in [-0.39, 0.29) is 29.6 Å². The van der Waals surface area contributed by atoms with Crippen LogP contribution in [-0.2, 0) is 22.8 Å². The number of nitrogens with zero attached hydrogens (tertiary/aromatic N) is 4. The predicted molar refractivity (Wildman–Crippen MR) is 153 cm³/mol. The van der Waals surface area contributed by atoms with Crippen molar-refractivity contribution in [1.29, 1.82) is 0 Å². The van der Waals surface area contributed by atoms with E-state index >= 15 is 0 Å². The Balaban J connectivity index is 1.29. The maximum Gasteiger partial charge on any atom is 0.288 e. The van der Waals surface area contributed by atoms with Crippen LogP contribution in [0.2, 0.25) is 30.7 Å². The lowest BCUT2D eigenvalue weighted by Gasteiger charge is -2.62. The van der Waals surface area contributed by atoms with Gasteiger partial charge in [-0.1, -0.05) is 52.0 Å². The summed E-state index contributed by atoms with van der Waals surface area (Å²) in [5.41, 5.74) is 1.30. The summed E-state index contributed by atoms with van der Waals surface area (Å²) in [4.78, 5) is 25.6. The van der Waals surface area contributed by atoms with E-state index in [0.29, 0.717) is 42.2 Å². The smallest absolute Gasteiger partial charge is 0.288 e. The molecule has 0 aromatic carbocycles. The second-order valence-electron chi connectivity index (χ2n) is 13.0. The second kappa shape index (κ2) is 11.1. The molecule has 3 aliphatic rings. The Morgan fingerprint density at radius 1 is 1.26 bits per heavy atom. The van der Waals surface area contributed by atoms with E-state index in [0.717, 1.165) is 22.7 Å². The Kier molecular flexibility index (Phi) is 8.45. The molecule has 2 bridgehead atoms. The van der Waals surface area contributed by atoms with Crippen LogP contribution >= 0.6 is 11.6 Å². The fourth-order valence-electron chi connectivity index (χ4n) is 5.94. The van der Waals surface area contributed by atoms with Gasteiger partial charge in [0.2, 0.25) is 5.91 Å². The molecule has 9 nitrogen and oxygen atoms in total. The van der Waals surface area contributed by atoms with Gasteiger partial charge >= 0.3 is 0 Å². The minimum absolute atomic E-state index is 0.0713. The molecule has 0 radical (unpaired) electrons. The quantitative estimate of drug-likeness (QED) is 0.302. The van der Waals surface area contributed by atoms with Crippen molar-refractivity contribution < 1.29 is 9.53 Å². The number of amides is 1. The molecule has 0 spiro atoms. The summed E-state index contributed by atoms with van der Waals surface area (Å²) in [6.45, 7) is 16.7. The van der Waals surface area contributed by atoms with Crippen LogP contribution in [0.15, 0.2) is 23.4 Å². The van der Waals surface area contributed by atoms with Crippen molar-refractivity contribution in [2.75, 3.05) is 11.9 Å². The fraction of sp³-hybridized carbons (Fsp3) is 0.704. The molecule has 2 aromatic rings. The first-order valence-electron chi connectivity index (χ1n) is 13.7. The Morgan fingerprint density at radius 3 is 2.66 bits per heavy atom. The van der Waals surface area contributed by atoms with Gasteiger partial charge in [0.1, 0.15) is 18.3 Å². The molecular weight excluding hydrogens is 520 g/mol. The molecule has 0 saturated heterocycles. The third-order valence-electron chi connectivity index (χ3n) is 8.72. The van der Waals surface area contributed by atoms with Gasteiger partial charge in [0.15, 0.2) is 0 Å². The highest BCUT2D eigenvalue weighted by Gasteiger charge is 2.56. The fourth-order valence-corrected chi connectivity index (χ4v) is 6.89. The Hall–Kier alpha value is -2.17. The maximum absolute atomic E-state index is 12.9. The first-order chi connectivity index (χ1) is 17.8. The van der Waals surface area contributed by atoms with E-state index in [1.807, 2.05) is 13.1 Å². The predicted octanol–water partition coefficient (Wildman–Crippen LogP) is 4.77. The summed E-state index contributed by atoms with van der Waals surface area (Å²) in [5, 5.41) is 15.0. The molecule has 2 aromatic heterocycles. The molecule has 3 aliphatic carbocycles. The van der Waals surface area contributed by atoms with E-state index in [1.54, 1.807) is 17.1 Å². The van der Waals surface area contributed by atoms with Crippen LogP contribution in [0.1, 0.15) is 52.1 Å². The highest BCUT2D eigenvalue weighted by Crippen LogP contribution is 2.61. The molecule has 3 fully saturated rings. The number of nitrogens with one attached hydrogen (secondary N) is 2. The van der Waals surface area contributed by atoms with Crippen molar-refractivity contribution in [3.05, 3.63) is 39.5 Å². The molecule has 0 aliphatic heterocycles. The van der Waals surface area contributed by atoms with Crippen LogP contribution in [0.3, 0.4) is 0 Å². The van der Waals surface area contributed by atoms with E-state index in [4.69, 9.17) is 16.3 Å². The van der Waals surface area contributed by atoms with Gasteiger partial charge in [-0.2, -0.15) is 10.2 Å². The zero-order chi connectivity index (χ0) is 27.8. The zero-order valence-electron chi connectivity index (χ0n) is 23.8. The van der Waals surface area contributed by atoms with E-state index in [9.17, 15) is 9.59 Å². The van der Waals surface area contributed by atoms with Gasteiger partial charge in [-0.25, -0.2) is 9.36 Å². The first-order valence-corrected chi connectivity index (χ1v) is 17.8. The number of aromatic nitrogens is 4. The first kappa shape index (κ1) is 28.8. The highest BCUT2D eigenvalue weighted by molar-refractivity contribution is 6.76. The number of anilines is 1. The van der Waals surface area contributed by atoms with Crippen molar-refractivity contribution in [3.8, 4) is 0 Å². The summed E-state index contributed by atoms with van der Waals surface area (Å²) in [7, 11) is -1.13. The van der Waals surface area contributed by atoms with Crippen molar-refractivity contribution in [1.82, 2.24) is 24.9 Å². The lowest BCUT2D eigenvalue weighted by Crippen LogP contribution is -2.58. The number of rotatable bonds is 11. The molecule has 1 unspecified atom stereocenters. The molecule has 38 heavy (non-hydrogen) atoms. The number of fused-ring (bicyclic) bond motifs is 2. The van der Waals surface area contributed by atoms with E-state index < -0.39 is 13.6 Å². The van der Waals surface area contributed by atoms with Gasteiger partial charge in [0.05, 0.1) is 24.1 Å². The molecule has 11 heteroatoms. The molecule has 210 valence electrons. The molecule has 3 saturated carbocycles. The van der Waals surface area contributed by atoms with Crippen LogP contribution in [0.25, 0.3) is 0 Å². The van der Waals surface area contributed by atoms with Crippen LogP contribution < -0.4 is 16.2 Å². The summed E-state index contributed by atoms with van der Waals surface area (Å²) in [6, 6.07) is 1.08. The Morgan fingerprint density at radius 2 is 2.00 bits per heavy atom. The third-order valence-corrected chi connectivity index (χ3v) is 10.8. The largest absolute Gasteiger partial charge is 0.379 e. The molecule has 2 heterocycles. The number of carbonyl (C=O) groups is 1. The van der Waals surface area contributed by atoms with Gasteiger partial charge < -0.3 is 15.4 Å². The minimum Gasteiger partial charge on any atom is -0.379 e. The molecule has 5 atom stereocenters. The minimum atomic E-state index is -1.13. The van der Waals surface area contributed by atoms with Crippen molar-refractivity contribution in [3.63, 3.8) is 0 Å². The van der Waals surface area contributed by atoms with Gasteiger partial charge in [-0.15, -0.1) is 0 Å². The van der Waals surface area contributed by atoms with Gasteiger partial charge in [0.25, 0.3) is 5.56 Å². The Labute approximate surface area is 231 Å². The van der Waals surface area contributed by atoms with Crippen molar-refractivity contribution >= 4 is 31.3 Å². The van der Waals surface area contributed by atoms with E-state index in [2.05, 4.69) is 61.2 Å². The standard InChI is InChI=1S/C27H43ClN6O3Si/c1-17-21-10-20(27(21,3)4)11-22(17)32-23-13-30-34(26(36)25(23)28)15-24(35)31-18(2)19-12-29-33(14-19)16-37-8-9-38(5,6)7/h12-14,17-18,20-22,32H,8-11,15-16H2,1-7H3,(H,31,35)/t17-,18?,20-,21+,22-/m1/s1. The van der Waals surface area contributed by atoms with Gasteiger partial charge in [0, 0.05) is 32.5 Å². The lowest BCUT2D eigenvalue weighted by molar-refractivity contribution is -0.122. The summed E-state index contributed by atoms with van der Waals surface area (Å²) in [5.74, 6) is 1.52. The van der Waals surface area contributed by atoms with Crippen LogP contribution in [0, 0.1) is 23.2 Å². The second-order valence-corrected chi connectivity index (χ2v) is 19.0. The number of hydrogen-bond donors (Lipinski definition) is 2. The molecular formula is C27H43ClN6O3Si. The average molecular weight is 563 g/mol. The SMILES string of the molecule is CC(NC(=O)Cn1ncc(N[C@@H]2C[C@H]3C[C@@H]([C@H]2C)C3(C)C)c(Cl)c1=O)c1cnn(COCC[Si](C)(C)C)c1. The van der Waals surface area contributed by atoms with Crippen LogP contribution in [0.5, 0.6) is 0 Å². The summed E-state index contributed by atoms with van der Waals surface area (Å²) in [6.07, 6.45) is 7.47. The number of hydrogen-bond acceptors (Lipinski definition) is 6. The van der Waals surface area contributed by atoms with E-state index in [1.165, 1.54) is 6.42 Å². The maximum atomic E-state index is 12.9. The topological polar surface area (TPSA) is 103 Å². The Bertz CT molecular complexity index is 1210. The number of ether oxygens (including phenoxy) is 1. The van der Waals surface area contributed by atoms with Crippen LogP contribution in [-0.4, -0.2) is 46.2 Å². The van der Waals surface area contributed by atoms with Crippen LogP contribution in [0.4, 0.5) is 5.69 Å². The highest BCUT2D eigenvalue weighted by atomic mass is 35.5. The normalized spacial score (nSPS) is 24.9. The number of halogens is 1. The van der Waals surface area contributed by atoms with Gasteiger partial charge in [-0.05, 0) is 49.0 Å². The summed E-state index contributed by atoms with van der Waals surface area (Å²) < 4.78 is 8.56. The number of carbonyl (C=O) groups excluding carboxylic acids is 1.